The number of benzene rings is 5. The second kappa shape index (κ2) is 7.62. The standard InChI is InChI=1S/C32H20N2O/c33-19-27-23(17-18-31-32(27)26-13-5-8-16-30(26)35-31)22-10-2-1-9-21(22)20-34-28-14-6-3-11-24(28)25-12-4-7-15-29(25)34/h1-18H,20H2. The molecular formula is C32H20N2O. The molecule has 0 spiro atoms. The molecule has 0 saturated heterocycles. The minimum Gasteiger partial charge on any atom is -0.456 e. The lowest BCUT2D eigenvalue weighted by Crippen LogP contribution is -2.02. The summed E-state index contributed by atoms with van der Waals surface area (Å²) < 4.78 is 8.42. The van der Waals surface area contributed by atoms with Crippen LogP contribution in [0.3, 0.4) is 0 Å². The largest absolute Gasteiger partial charge is 0.456 e. The van der Waals surface area contributed by atoms with Crippen molar-refractivity contribution in [3.63, 3.8) is 0 Å². The highest BCUT2D eigenvalue weighted by molar-refractivity contribution is 6.10. The van der Waals surface area contributed by atoms with Gasteiger partial charge in [-0.05, 0) is 41.5 Å². The van der Waals surface area contributed by atoms with E-state index in [0.717, 1.165) is 33.1 Å². The van der Waals surface area contributed by atoms with E-state index in [2.05, 4.69) is 77.4 Å². The number of hydrogen-bond donors (Lipinski definition) is 0. The summed E-state index contributed by atoms with van der Waals surface area (Å²) in [5.41, 5.74) is 7.78. The van der Waals surface area contributed by atoms with Crippen molar-refractivity contribution in [1.29, 1.82) is 5.26 Å². The van der Waals surface area contributed by atoms with Crippen LogP contribution in [0.1, 0.15) is 11.1 Å². The molecule has 0 aliphatic carbocycles. The molecule has 0 unspecified atom stereocenters. The quantitative estimate of drug-likeness (QED) is 0.273. The van der Waals surface area contributed by atoms with E-state index >= 15 is 0 Å². The molecule has 7 rings (SSSR count). The Morgan fingerprint density at radius 3 is 1.97 bits per heavy atom. The normalized spacial score (nSPS) is 11.5. The Labute approximate surface area is 202 Å². The lowest BCUT2D eigenvalue weighted by Gasteiger charge is -2.14. The molecule has 0 fully saturated rings. The predicted molar refractivity (Wildman–Crippen MR) is 142 cm³/mol. The molecule has 0 bridgehead atoms. The Hall–Kier alpha value is -4.81. The van der Waals surface area contributed by atoms with Crippen molar-refractivity contribution in [2.75, 3.05) is 0 Å². The van der Waals surface area contributed by atoms with E-state index in [9.17, 15) is 5.26 Å². The van der Waals surface area contributed by atoms with Gasteiger partial charge in [0, 0.05) is 44.7 Å². The molecule has 2 heterocycles. The second-order valence-corrected chi connectivity index (χ2v) is 8.85. The molecule has 3 heteroatoms. The Kier molecular flexibility index (Phi) is 4.27. The summed E-state index contributed by atoms with van der Waals surface area (Å²) >= 11 is 0. The molecule has 0 aliphatic heterocycles. The van der Waals surface area contributed by atoms with Gasteiger partial charge in [0.2, 0.25) is 0 Å². The van der Waals surface area contributed by atoms with Crippen LogP contribution in [0.25, 0.3) is 54.9 Å². The number of nitrogens with zero attached hydrogens (tertiary/aromatic N) is 2. The van der Waals surface area contributed by atoms with E-state index in [1.807, 2.05) is 42.5 Å². The molecule has 0 N–H and O–H groups in total. The topological polar surface area (TPSA) is 41.9 Å². The van der Waals surface area contributed by atoms with Crippen LogP contribution in [-0.4, -0.2) is 4.57 Å². The number of aromatic nitrogens is 1. The van der Waals surface area contributed by atoms with E-state index < -0.39 is 0 Å². The summed E-state index contributed by atoms with van der Waals surface area (Å²) in [6.45, 7) is 0.708. The first-order valence-corrected chi connectivity index (χ1v) is 11.7. The molecule has 0 aliphatic rings. The zero-order valence-corrected chi connectivity index (χ0v) is 18.9. The predicted octanol–water partition coefficient (Wildman–Crippen LogP) is 8.28. The Morgan fingerprint density at radius 1 is 0.600 bits per heavy atom. The van der Waals surface area contributed by atoms with Crippen LogP contribution in [-0.2, 0) is 6.54 Å². The van der Waals surface area contributed by atoms with Crippen LogP contribution in [0, 0.1) is 11.3 Å². The van der Waals surface area contributed by atoms with Gasteiger partial charge in [-0.15, -0.1) is 0 Å². The molecule has 5 aromatic carbocycles. The molecular weight excluding hydrogens is 428 g/mol. The van der Waals surface area contributed by atoms with Crippen molar-refractivity contribution in [1.82, 2.24) is 4.57 Å². The minimum absolute atomic E-state index is 0.655. The number of nitriles is 1. The van der Waals surface area contributed by atoms with E-state index in [-0.39, 0.29) is 0 Å². The smallest absolute Gasteiger partial charge is 0.136 e. The number of rotatable bonds is 3. The third-order valence-electron chi connectivity index (χ3n) is 6.97. The summed E-state index contributed by atoms with van der Waals surface area (Å²) in [6, 6.07) is 39.9. The van der Waals surface area contributed by atoms with Gasteiger partial charge in [0.05, 0.1) is 5.56 Å². The summed E-state index contributed by atoms with van der Waals surface area (Å²) in [7, 11) is 0. The van der Waals surface area contributed by atoms with Gasteiger partial charge in [-0.25, -0.2) is 0 Å². The van der Waals surface area contributed by atoms with Crippen molar-refractivity contribution in [2.45, 2.75) is 6.54 Å². The first-order valence-electron chi connectivity index (χ1n) is 11.7. The van der Waals surface area contributed by atoms with Gasteiger partial charge >= 0.3 is 0 Å². The molecule has 0 saturated carbocycles. The molecule has 0 amide bonds. The van der Waals surface area contributed by atoms with Gasteiger partial charge in [-0.2, -0.15) is 5.26 Å². The fourth-order valence-corrected chi connectivity index (χ4v) is 5.42. The van der Waals surface area contributed by atoms with Gasteiger partial charge in [-0.3, -0.25) is 0 Å². The van der Waals surface area contributed by atoms with Crippen molar-refractivity contribution in [3.05, 3.63) is 120 Å². The van der Waals surface area contributed by atoms with Crippen molar-refractivity contribution in [3.8, 4) is 17.2 Å². The monoisotopic (exact) mass is 448 g/mol. The van der Waals surface area contributed by atoms with Crippen LogP contribution in [0.2, 0.25) is 0 Å². The van der Waals surface area contributed by atoms with Gasteiger partial charge in [0.1, 0.15) is 17.2 Å². The maximum absolute atomic E-state index is 10.3. The van der Waals surface area contributed by atoms with E-state index in [0.29, 0.717) is 12.1 Å². The van der Waals surface area contributed by atoms with Crippen LogP contribution in [0.15, 0.2) is 114 Å². The van der Waals surface area contributed by atoms with Crippen LogP contribution >= 0.6 is 0 Å². The molecule has 35 heavy (non-hydrogen) atoms. The van der Waals surface area contributed by atoms with E-state index in [1.165, 1.54) is 27.4 Å². The third kappa shape index (κ3) is 2.90. The van der Waals surface area contributed by atoms with Crippen molar-refractivity contribution < 1.29 is 4.42 Å². The van der Waals surface area contributed by atoms with Crippen molar-refractivity contribution >= 4 is 43.7 Å². The summed E-state index contributed by atoms with van der Waals surface area (Å²) in [5.74, 6) is 0. The second-order valence-electron chi connectivity index (χ2n) is 8.85. The Bertz CT molecular complexity index is 1900. The van der Waals surface area contributed by atoms with Gasteiger partial charge in [0.25, 0.3) is 0 Å². The highest BCUT2D eigenvalue weighted by Gasteiger charge is 2.18. The average Bonchev–Trinajstić information content (AvgIpc) is 3.45. The number of hydrogen-bond acceptors (Lipinski definition) is 2. The Balaban J connectivity index is 1.46. The zero-order valence-electron chi connectivity index (χ0n) is 18.9. The van der Waals surface area contributed by atoms with Crippen LogP contribution in [0.5, 0.6) is 0 Å². The van der Waals surface area contributed by atoms with E-state index in [1.54, 1.807) is 0 Å². The van der Waals surface area contributed by atoms with Crippen molar-refractivity contribution in [2.24, 2.45) is 0 Å². The summed E-state index contributed by atoms with van der Waals surface area (Å²) in [5, 5.41) is 14.7. The van der Waals surface area contributed by atoms with E-state index in [4.69, 9.17) is 4.42 Å². The lowest BCUT2D eigenvalue weighted by atomic mass is 9.93. The molecule has 0 atom stereocenters. The van der Waals surface area contributed by atoms with Gasteiger partial charge in [0.15, 0.2) is 0 Å². The summed E-state index contributed by atoms with van der Waals surface area (Å²) in [4.78, 5) is 0. The fourth-order valence-electron chi connectivity index (χ4n) is 5.42. The maximum atomic E-state index is 10.3. The fraction of sp³-hybridized carbons (Fsp3) is 0.0312. The summed E-state index contributed by atoms with van der Waals surface area (Å²) in [6.07, 6.45) is 0. The highest BCUT2D eigenvalue weighted by Crippen LogP contribution is 2.38. The number of furan rings is 1. The Morgan fingerprint density at radius 2 is 1.23 bits per heavy atom. The lowest BCUT2D eigenvalue weighted by molar-refractivity contribution is 0.669. The maximum Gasteiger partial charge on any atom is 0.136 e. The molecule has 3 nitrogen and oxygen atoms in total. The van der Waals surface area contributed by atoms with Crippen LogP contribution < -0.4 is 0 Å². The highest BCUT2D eigenvalue weighted by atomic mass is 16.3. The van der Waals surface area contributed by atoms with Gasteiger partial charge in [-0.1, -0.05) is 78.9 Å². The molecule has 164 valence electrons. The number of para-hydroxylation sites is 3. The third-order valence-corrected chi connectivity index (χ3v) is 6.97. The average molecular weight is 449 g/mol. The SMILES string of the molecule is N#Cc1c(-c2ccccc2Cn2c3ccccc3c3ccccc32)ccc2oc3ccccc3c12. The molecule has 2 aromatic heterocycles. The van der Waals surface area contributed by atoms with Gasteiger partial charge < -0.3 is 8.98 Å². The number of fused-ring (bicyclic) bond motifs is 6. The first-order chi connectivity index (χ1) is 17.3. The molecule has 0 radical (unpaired) electrons. The minimum atomic E-state index is 0.655. The van der Waals surface area contributed by atoms with Crippen LogP contribution in [0.4, 0.5) is 0 Å². The first kappa shape index (κ1) is 19.6. The zero-order chi connectivity index (χ0) is 23.4. The molecule has 7 aromatic rings.